The van der Waals surface area contributed by atoms with Gasteiger partial charge in [0.1, 0.15) is 0 Å². The van der Waals surface area contributed by atoms with Crippen LogP contribution in [0.25, 0.3) is 0 Å². The van der Waals surface area contributed by atoms with Gasteiger partial charge in [0.2, 0.25) is 9.84 Å². The highest BCUT2D eigenvalue weighted by Gasteiger charge is 2.45. The molecule has 0 bridgehead atoms. The molecule has 0 unspecified atom stereocenters. The number of aromatic nitrogens is 1. The van der Waals surface area contributed by atoms with Crippen molar-refractivity contribution in [3.05, 3.63) is 60.3 Å². The van der Waals surface area contributed by atoms with Crippen LogP contribution in [-0.4, -0.2) is 31.2 Å². The van der Waals surface area contributed by atoms with Crippen molar-refractivity contribution in [1.29, 1.82) is 0 Å². The van der Waals surface area contributed by atoms with Crippen molar-refractivity contribution >= 4 is 15.8 Å². The van der Waals surface area contributed by atoms with Crippen LogP contribution in [0.5, 0.6) is 0 Å². The van der Waals surface area contributed by atoms with Crippen LogP contribution in [0.15, 0.2) is 59.8 Å². The maximum atomic E-state index is 12.8. The number of hydrogen-bond donors (Lipinski definition) is 0. The van der Waals surface area contributed by atoms with Crippen LogP contribution in [-0.2, 0) is 19.4 Å². The Balaban J connectivity index is 2.06. The second-order valence-electron chi connectivity index (χ2n) is 5.11. The van der Waals surface area contributed by atoms with Crippen molar-refractivity contribution < 1.29 is 17.9 Å². The Kier molecular flexibility index (Phi) is 3.94. The van der Waals surface area contributed by atoms with Gasteiger partial charge in [-0.25, -0.2) is 13.4 Å². The molecule has 0 aliphatic carbocycles. The van der Waals surface area contributed by atoms with Crippen molar-refractivity contribution in [2.24, 2.45) is 0 Å². The first-order chi connectivity index (χ1) is 10.6. The van der Waals surface area contributed by atoms with E-state index in [-0.39, 0.29) is 11.6 Å². The first-order valence-corrected chi connectivity index (χ1v) is 8.52. The lowest BCUT2D eigenvalue weighted by molar-refractivity contribution is -0.146. The van der Waals surface area contributed by atoms with E-state index in [0.717, 1.165) is 5.56 Å². The minimum atomic E-state index is -3.89. The number of sulfone groups is 1. The molecule has 5 nitrogen and oxygen atoms in total. The smallest absolute Gasteiger partial charge is 0.325 e. The van der Waals surface area contributed by atoms with E-state index in [1.807, 2.05) is 30.3 Å². The van der Waals surface area contributed by atoms with Crippen LogP contribution in [0.2, 0.25) is 0 Å². The van der Waals surface area contributed by atoms with Gasteiger partial charge in [0.25, 0.3) is 0 Å². The number of hydrogen-bond acceptors (Lipinski definition) is 5. The molecule has 3 rings (SSSR count). The van der Waals surface area contributed by atoms with Gasteiger partial charge in [0, 0.05) is 12.1 Å². The number of rotatable bonds is 3. The van der Waals surface area contributed by atoms with Gasteiger partial charge in [0.05, 0.1) is 6.61 Å². The highest BCUT2D eigenvalue weighted by atomic mass is 32.2. The summed E-state index contributed by atoms with van der Waals surface area (Å²) in [6.07, 6.45) is 1.88. The maximum Gasteiger partial charge on any atom is 0.325 e. The molecule has 2 heterocycles. The average Bonchev–Trinajstić information content (AvgIpc) is 2.56. The van der Waals surface area contributed by atoms with E-state index in [1.54, 1.807) is 12.1 Å². The third kappa shape index (κ3) is 2.62. The molecule has 2 aromatic rings. The largest absolute Gasteiger partial charge is 0.465 e. The molecule has 114 valence electrons. The van der Waals surface area contributed by atoms with E-state index in [9.17, 15) is 13.2 Å². The highest BCUT2D eigenvalue weighted by molar-refractivity contribution is 7.92. The number of carbonyl (C=O) groups excluding carboxylic acids is 1. The predicted octanol–water partition coefficient (Wildman–Crippen LogP) is 1.95. The molecule has 0 spiro atoms. The van der Waals surface area contributed by atoms with E-state index in [2.05, 4.69) is 4.98 Å². The van der Waals surface area contributed by atoms with Crippen LogP contribution in [0.3, 0.4) is 0 Å². The number of ether oxygens (including phenoxy) is 1. The van der Waals surface area contributed by atoms with Gasteiger partial charge in [-0.1, -0.05) is 36.4 Å². The lowest BCUT2D eigenvalue weighted by Crippen LogP contribution is -2.42. The second-order valence-corrected chi connectivity index (χ2v) is 7.12. The molecule has 1 fully saturated rings. The van der Waals surface area contributed by atoms with E-state index in [0.29, 0.717) is 6.42 Å². The summed E-state index contributed by atoms with van der Waals surface area (Å²) in [5.74, 6) is -1.12. The highest BCUT2D eigenvalue weighted by Crippen LogP contribution is 2.34. The zero-order valence-corrected chi connectivity index (χ0v) is 12.6. The van der Waals surface area contributed by atoms with Gasteiger partial charge >= 0.3 is 5.97 Å². The summed E-state index contributed by atoms with van der Waals surface area (Å²) in [7, 11) is -3.89. The standard InChI is InChI=1S/C16H15NO4S/c18-16-15(22(19,20)14-8-4-5-10-17-14)13(9-11-21-16)12-6-2-1-3-7-12/h1-8,10,13,15H,9,11H2/t13-,15-/m0/s1. The van der Waals surface area contributed by atoms with Crippen LogP contribution < -0.4 is 0 Å². The predicted molar refractivity (Wildman–Crippen MR) is 80.0 cm³/mol. The molecular formula is C16H15NO4S. The minimum absolute atomic E-state index is 0.0974. The monoisotopic (exact) mass is 317 g/mol. The Morgan fingerprint density at radius 1 is 1.05 bits per heavy atom. The molecule has 0 amide bonds. The first-order valence-electron chi connectivity index (χ1n) is 6.97. The Labute approximate surface area is 128 Å². The van der Waals surface area contributed by atoms with Gasteiger partial charge in [-0.05, 0) is 24.1 Å². The maximum absolute atomic E-state index is 12.8. The molecule has 1 saturated heterocycles. The quantitative estimate of drug-likeness (QED) is 0.809. The van der Waals surface area contributed by atoms with Crippen molar-refractivity contribution in [2.75, 3.05) is 6.61 Å². The number of pyridine rings is 1. The number of esters is 1. The summed E-state index contributed by atoms with van der Waals surface area (Å²) in [5, 5.41) is -1.35. The van der Waals surface area contributed by atoms with E-state index < -0.39 is 27.0 Å². The summed E-state index contributed by atoms with van der Waals surface area (Å²) >= 11 is 0. The summed E-state index contributed by atoms with van der Waals surface area (Å²) in [5.41, 5.74) is 0.823. The summed E-state index contributed by atoms with van der Waals surface area (Å²) in [6, 6.07) is 13.8. The molecular weight excluding hydrogens is 302 g/mol. The molecule has 0 saturated carbocycles. The summed E-state index contributed by atoms with van der Waals surface area (Å²) < 4.78 is 30.6. The lowest BCUT2D eigenvalue weighted by Gasteiger charge is -2.29. The van der Waals surface area contributed by atoms with Crippen LogP contribution in [0.1, 0.15) is 17.9 Å². The number of nitrogens with zero attached hydrogens (tertiary/aromatic N) is 1. The molecule has 1 aliphatic rings. The fourth-order valence-corrected chi connectivity index (χ4v) is 4.50. The Hall–Kier alpha value is -2.21. The van der Waals surface area contributed by atoms with Gasteiger partial charge < -0.3 is 4.74 Å². The topological polar surface area (TPSA) is 73.3 Å². The molecule has 2 atom stereocenters. The molecule has 0 N–H and O–H groups in total. The van der Waals surface area contributed by atoms with Crippen molar-refractivity contribution in [3.8, 4) is 0 Å². The average molecular weight is 317 g/mol. The van der Waals surface area contributed by atoms with Crippen molar-refractivity contribution in [1.82, 2.24) is 4.98 Å². The van der Waals surface area contributed by atoms with Crippen LogP contribution in [0.4, 0.5) is 0 Å². The van der Waals surface area contributed by atoms with E-state index in [1.165, 1.54) is 12.3 Å². The van der Waals surface area contributed by atoms with Gasteiger partial charge in [-0.15, -0.1) is 0 Å². The Morgan fingerprint density at radius 2 is 1.77 bits per heavy atom. The van der Waals surface area contributed by atoms with E-state index in [4.69, 9.17) is 4.74 Å². The normalized spacial score (nSPS) is 22.1. The Morgan fingerprint density at radius 3 is 2.45 bits per heavy atom. The van der Waals surface area contributed by atoms with Crippen molar-refractivity contribution in [3.63, 3.8) is 0 Å². The molecule has 1 aromatic heterocycles. The molecule has 1 aromatic carbocycles. The third-order valence-corrected chi connectivity index (χ3v) is 5.78. The minimum Gasteiger partial charge on any atom is -0.465 e. The second kappa shape index (κ2) is 5.88. The first kappa shape index (κ1) is 14.7. The molecule has 1 aliphatic heterocycles. The van der Waals surface area contributed by atoms with Crippen LogP contribution in [0, 0.1) is 0 Å². The zero-order valence-electron chi connectivity index (χ0n) is 11.8. The molecule has 6 heteroatoms. The molecule has 0 radical (unpaired) electrons. The van der Waals surface area contributed by atoms with Crippen LogP contribution >= 0.6 is 0 Å². The Bertz CT molecular complexity index is 759. The SMILES string of the molecule is O=C1OCC[C@@H](c2ccccc2)[C@@H]1S(=O)(=O)c1ccccn1. The van der Waals surface area contributed by atoms with Gasteiger partial charge in [-0.2, -0.15) is 0 Å². The zero-order chi connectivity index (χ0) is 15.6. The fraction of sp³-hybridized carbons (Fsp3) is 0.250. The third-order valence-electron chi connectivity index (χ3n) is 3.76. The fourth-order valence-electron chi connectivity index (χ4n) is 2.71. The van der Waals surface area contributed by atoms with Gasteiger partial charge in [0.15, 0.2) is 10.3 Å². The number of benzene rings is 1. The molecule has 22 heavy (non-hydrogen) atoms. The lowest BCUT2D eigenvalue weighted by atomic mass is 9.91. The summed E-state index contributed by atoms with van der Waals surface area (Å²) in [4.78, 5) is 16.1. The van der Waals surface area contributed by atoms with E-state index >= 15 is 0 Å². The van der Waals surface area contributed by atoms with Crippen molar-refractivity contribution in [2.45, 2.75) is 22.6 Å². The summed E-state index contributed by atoms with van der Waals surface area (Å²) in [6.45, 7) is 0.229. The number of cyclic esters (lactones) is 1. The number of carbonyl (C=O) groups is 1. The van der Waals surface area contributed by atoms with Gasteiger partial charge in [-0.3, -0.25) is 4.79 Å².